The maximum Gasteiger partial charge on any atom is 0.301 e. The highest BCUT2D eigenvalue weighted by Gasteiger charge is 2.19. The molecule has 2 rings (SSSR count). The molecule has 8 heteroatoms. The number of unbranched alkanes of at least 4 members (excludes halogenated alkanes) is 3. The van der Waals surface area contributed by atoms with E-state index in [1.165, 1.54) is 18.6 Å². The quantitative estimate of drug-likeness (QED) is 0.218. The second-order valence-corrected chi connectivity index (χ2v) is 6.53. The van der Waals surface area contributed by atoms with Gasteiger partial charge in [-0.15, -0.1) is 0 Å². The number of non-ortho nitro benzene ring substituents is 1. The van der Waals surface area contributed by atoms with Crippen LogP contribution in [-0.2, 0) is 0 Å². The first-order valence-corrected chi connectivity index (χ1v) is 9.48. The van der Waals surface area contributed by atoms with E-state index in [2.05, 4.69) is 17.5 Å². The van der Waals surface area contributed by atoms with E-state index in [4.69, 9.17) is 0 Å². The molecule has 0 atom stereocenters. The van der Waals surface area contributed by atoms with Crippen molar-refractivity contribution >= 4 is 29.4 Å². The molecule has 0 bridgehead atoms. The van der Waals surface area contributed by atoms with Gasteiger partial charge in [-0.2, -0.15) is 5.10 Å². The smallest absolute Gasteiger partial charge is 0.272 e. The van der Waals surface area contributed by atoms with Gasteiger partial charge in [-0.25, -0.2) is 0 Å². The Morgan fingerprint density at radius 3 is 2.45 bits per heavy atom. The van der Waals surface area contributed by atoms with Gasteiger partial charge < -0.3 is 0 Å². The summed E-state index contributed by atoms with van der Waals surface area (Å²) in [6, 6.07) is 13.3. The van der Waals surface area contributed by atoms with Gasteiger partial charge in [0.05, 0.1) is 22.1 Å². The number of anilines is 1. The monoisotopic (exact) mass is 396 g/mol. The minimum atomic E-state index is -0.670. The molecule has 29 heavy (non-hydrogen) atoms. The fourth-order valence-corrected chi connectivity index (χ4v) is 2.76. The zero-order valence-corrected chi connectivity index (χ0v) is 16.3. The van der Waals surface area contributed by atoms with E-state index in [9.17, 15) is 20.2 Å². The third kappa shape index (κ3) is 7.17. The van der Waals surface area contributed by atoms with Gasteiger partial charge in [-0.3, -0.25) is 25.7 Å². The maximum absolute atomic E-state index is 11.2. The largest absolute Gasteiger partial charge is 0.301 e. The Morgan fingerprint density at radius 2 is 1.79 bits per heavy atom. The minimum absolute atomic E-state index is 0.0990. The fraction of sp³-hybridized carbons (Fsp3) is 0.286. The standard InChI is InChI=1S/C21H24N4O4/c1-2-3-4-6-11-18(14-17-9-7-5-8-10-17)16-22-23-20-13-12-19(24(26)27)15-21(20)25(28)29/h5,7-10,12-16,23H,2-4,6,11H2,1H3/b18-14+,22-16+. The molecular weight excluding hydrogens is 372 g/mol. The van der Waals surface area contributed by atoms with Gasteiger partial charge in [-0.1, -0.05) is 62.6 Å². The van der Waals surface area contributed by atoms with Crippen molar-refractivity contribution in [3.05, 3.63) is 79.9 Å². The van der Waals surface area contributed by atoms with E-state index >= 15 is 0 Å². The summed E-state index contributed by atoms with van der Waals surface area (Å²) in [4.78, 5) is 20.7. The van der Waals surface area contributed by atoms with Crippen LogP contribution in [0.2, 0.25) is 0 Å². The Hall–Kier alpha value is -3.55. The van der Waals surface area contributed by atoms with Gasteiger partial charge >= 0.3 is 5.69 Å². The van der Waals surface area contributed by atoms with E-state index < -0.39 is 15.5 Å². The number of hydrogen-bond acceptors (Lipinski definition) is 6. The summed E-state index contributed by atoms with van der Waals surface area (Å²) in [6.45, 7) is 2.16. The Balaban J connectivity index is 2.17. The molecule has 2 aromatic rings. The van der Waals surface area contributed by atoms with Crippen LogP contribution in [0.4, 0.5) is 17.1 Å². The van der Waals surface area contributed by atoms with Gasteiger partial charge in [-0.05, 0) is 30.0 Å². The number of nitro benzene ring substituents is 2. The van der Waals surface area contributed by atoms with Crippen molar-refractivity contribution in [3.8, 4) is 0 Å². The molecule has 2 aromatic carbocycles. The predicted molar refractivity (Wildman–Crippen MR) is 115 cm³/mol. The lowest BCUT2D eigenvalue weighted by atomic mass is 10.0. The van der Waals surface area contributed by atoms with Gasteiger partial charge in [0.2, 0.25) is 0 Å². The fourth-order valence-electron chi connectivity index (χ4n) is 2.76. The molecule has 0 heterocycles. The minimum Gasteiger partial charge on any atom is -0.272 e. The summed E-state index contributed by atoms with van der Waals surface area (Å²) < 4.78 is 0. The average molecular weight is 396 g/mol. The number of allylic oxidation sites excluding steroid dienone is 1. The Bertz CT molecular complexity index is 895. The van der Waals surface area contributed by atoms with Crippen molar-refractivity contribution in [1.29, 1.82) is 0 Å². The average Bonchev–Trinajstić information content (AvgIpc) is 2.71. The van der Waals surface area contributed by atoms with E-state index in [-0.39, 0.29) is 11.4 Å². The lowest BCUT2D eigenvalue weighted by molar-refractivity contribution is -0.393. The first-order chi connectivity index (χ1) is 14.0. The summed E-state index contributed by atoms with van der Waals surface area (Å²) in [5, 5.41) is 26.2. The molecule has 0 saturated heterocycles. The highest BCUT2D eigenvalue weighted by atomic mass is 16.6. The molecule has 0 aliphatic rings. The first kappa shape index (κ1) is 21.7. The molecule has 0 aliphatic carbocycles. The third-order valence-electron chi connectivity index (χ3n) is 4.27. The van der Waals surface area contributed by atoms with Gasteiger partial charge in [0.15, 0.2) is 0 Å². The SMILES string of the molecule is CCCCCCC(/C=N/Nc1ccc([N+](=O)[O-])cc1[N+](=O)[O-])=C\c1ccccc1. The van der Waals surface area contributed by atoms with E-state index in [0.29, 0.717) is 0 Å². The number of hydrazone groups is 1. The van der Waals surface area contributed by atoms with Crippen LogP contribution in [-0.4, -0.2) is 16.1 Å². The van der Waals surface area contributed by atoms with Crippen LogP contribution in [0.15, 0.2) is 59.2 Å². The lowest BCUT2D eigenvalue weighted by Gasteiger charge is -2.05. The number of rotatable bonds is 11. The summed E-state index contributed by atoms with van der Waals surface area (Å²) >= 11 is 0. The van der Waals surface area contributed by atoms with Crippen LogP contribution in [0.3, 0.4) is 0 Å². The predicted octanol–water partition coefficient (Wildman–Crippen LogP) is 5.95. The molecule has 0 spiro atoms. The van der Waals surface area contributed by atoms with Gasteiger partial charge in [0, 0.05) is 6.07 Å². The number of nitro groups is 2. The van der Waals surface area contributed by atoms with Gasteiger partial charge in [0.1, 0.15) is 5.69 Å². The van der Waals surface area contributed by atoms with Crippen LogP contribution in [0, 0.1) is 20.2 Å². The highest BCUT2D eigenvalue weighted by molar-refractivity contribution is 5.86. The molecule has 0 aliphatic heterocycles. The van der Waals surface area contributed by atoms with Crippen LogP contribution < -0.4 is 5.43 Å². The number of nitrogens with one attached hydrogen (secondary N) is 1. The van der Waals surface area contributed by atoms with Crippen LogP contribution >= 0.6 is 0 Å². The summed E-state index contributed by atoms with van der Waals surface area (Å²) in [7, 11) is 0. The first-order valence-electron chi connectivity index (χ1n) is 9.48. The molecule has 1 N–H and O–H groups in total. The second-order valence-electron chi connectivity index (χ2n) is 6.53. The van der Waals surface area contributed by atoms with Crippen LogP contribution in [0.25, 0.3) is 6.08 Å². The normalized spacial score (nSPS) is 11.6. The maximum atomic E-state index is 11.2. The molecular formula is C21H24N4O4. The van der Waals surface area contributed by atoms with E-state index in [0.717, 1.165) is 42.9 Å². The molecule has 152 valence electrons. The molecule has 0 saturated carbocycles. The third-order valence-corrected chi connectivity index (χ3v) is 4.27. The van der Waals surface area contributed by atoms with Crippen LogP contribution in [0.5, 0.6) is 0 Å². The summed E-state index contributed by atoms with van der Waals surface area (Å²) in [5.41, 5.74) is 4.04. The number of nitrogens with zero attached hydrogens (tertiary/aromatic N) is 3. The zero-order valence-electron chi connectivity index (χ0n) is 16.3. The number of hydrogen-bond donors (Lipinski definition) is 1. The number of benzene rings is 2. The highest BCUT2D eigenvalue weighted by Crippen LogP contribution is 2.28. The van der Waals surface area contributed by atoms with Crippen molar-refractivity contribution in [2.45, 2.75) is 39.0 Å². The van der Waals surface area contributed by atoms with Crippen molar-refractivity contribution in [3.63, 3.8) is 0 Å². The van der Waals surface area contributed by atoms with Crippen molar-refractivity contribution in [2.75, 3.05) is 5.43 Å². The van der Waals surface area contributed by atoms with E-state index in [1.54, 1.807) is 6.21 Å². The van der Waals surface area contributed by atoms with Crippen molar-refractivity contribution in [1.82, 2.24) is 0 Å². The molecule has 8 nitrogen and oxygen atoms in total. The Kier molecular flexibility index (Phi) is 8.50. The summed E-state index contributed by atoms with van der Waals surface area (Å²) in [5.74, 6) is 0. The molecule has 0 aromatic heterocycles. The molecule has 0 radical (unpaired) electrons. The molecule has 0 fully saturated rings. The van der Waals surface area contributed by atoms with E-state index in [1.807, 2.05) is 36.4 Å². The Morgan fingerprint density at radius 1 is 1.03 bits per heavy atom. The van der Waals surface area contributed by atoms with Crippen molar-refractivity contribution in [2.24, 2.45) is 5.10 Å². The van der Waals surface area contributed by atoms with Gasteiger partial charge in [0.25, 0.3) is 5.69 Å². The summed E-state index contributed by atoms with van der Waals surface area (Å²) in [6.07, 6.45) is 8.97. The molecule has 0 unspecified atom stereocenters. The second kappa shape index (κ2) is 11.3. The van der Waals surface area contributed by atoms with Crippen molar-refractivity contribution < 1.29 is 9.85 Å². The zero-order chi connectivity index (χ0) is 21.1. The Labute approximate surface area is 169 Å². The topological polar surface area (TPSA) is 111 Å². The van der Waals surface area contributed by atoms with Crippen LogP contribution in [0.1, 0.15) is 44.6 Å². The molecule has 0 amide bonds. The lowest BCUT2D eigenvalue weighted by Crippen LogP contribution is -1.99.